The van der Waals surface area contributed by atoms with Gasteiger partial charge in [-0.15, -0.1) is 0 Å². The highest BCUT2D eigenvalue weighted by Gasteiger charge is 2.22. The highest BCUT2D eigenvalue weighted by molar-refractivity contribution is 6.15. The maximum absolute atomic E-state index is 6.10. The van der Waals surface area contributed by atoms with Crippen molar-refractivity contribution < 1.29 is 4.42 Å². The number of allylic oxidation sites excluding steroid dienone is 12. The van der Waals surface area contributed by atoms with Crippen LogP contribution in [0.15, 0.2) is 180 Å². The smallest absolute Gasteiger partial charge is 0.135 e. The number of benzene rings is 6. The van der Waals surface area contributed by atoms with Crippen LogP contribution in [0, 0.1) is 5.92 Å². The Morgan fingerprint density at radius 3 is 1.92 bits per heavy atom. The molecule has 3 aliphatic carbocycles. The van der Waals surface area contributed by atoms with E-state index in [1.54, 1.807) is 0 Å². The molecule has 7 aromatic rings. The van der Waals surface area contributed by atoms with Crippen molar-refractivity contribution in [2.24, 2.45) is 5.92 Å². The first-order valence-electron chi connectivity index (χ1n) is 17.4. The molecular weight excluding hydrogens is 593 g/mol. The molecule has 0 aliphatic heterocycles. The Bertz CT molecular complexity index is 2590. The van der Waals surface area contributed by atoms with Crippen molar-refractivity contribution in [2.75, 3.05) is 0 Å². The largest absolute Gasteiger partial charge is 0.456 e. The molecule has 49 heavy (non-hydrogen) atoms. The summed E-state index contributed by atoms with van der Waals surface area (Å²) < 4.78 is 6.10. The predicted octanol–water partition coefficient (Wildman–Crippen LogP) is 13.1. The van der Waals surface area contributed by atoms with Gasteiger partial charge in [0.05, 0.1) is 0 Å². The van der Waals surface area contributed by atoms with Crippen LogP contribution in [0.3, 0.4) is 0 Å². The summed E-state index contributed by atoms with van der Waals surface area (Å²) in [4.78, 5) is 0. The van der Waals surface area contributed by atoms with E-state index in [0.717, 1.165) is 24.0 Å². The molecule has 2 atom stereocenters. The molecular formula is C48H34O. The van der Waals surface area contributed by atoms with Gasteiger partial charge in [-0.25, -0.2) is 0 Å². The van der Waals surface area contributed by atoms with E-state index in [2.05, 4.69) is 158 Å². The van der Waals surface area contributed by atoms with Gasteiger partial charge in [0.15, 0.2) is 0 Å². The van der Waals surface area contributed by atoms with Gasteiger partial charge in [-0.05, 0) is 97.1 Å². The molecule has 0 bridgehead atoms. The summed E-state index contributed by atoms with van der Waals surface area (Å²) in [6, 6.07) is 42.2. The molecule has 0 saturated carbocycles. The molecule has 232 valence electrons. The van der Waals surface area contributed by atoms with Gasteiger partial charge in [0.25, 0.3) is 0 Å². The summed E-state index contributed by atoms with van der Waals surface area (Å²) in [7, 11) is 0. The third-order valence-corrected chi connectivity index (χ3v) is 10.8. The van der Waals surface area contributed by atoms with Crippen LogP contribution >= 0.6 is 0 Å². The second-order valence-corrected chi connectivity index (χ2v) is 13.5. The third-order valence-electron chi connectivity index (χ3n) is 10.8. The highest BCUT2D eigenvalue weighted by Crippen LogP contribution is 2.45. The van der Waals surface area contributed by atoms with Gasteiger partial charge >= 0.3 is 0 Å². The first-order chi connectivity index (χ1) is 24.3. The zero-order valence-electron chi connectivity index (χ0n) is 27.1. The van der Waals surface area contributed by atoms with Crippen LogP contribution in [0.5, 0.6) is 0 Å². The minimum Gasteiger partial charge on any atom is -0.456 e. The zero-order valence-corrected chi connectivity index (χ0v) is 27.1. The van der Waals surface area contributed by atoms with Crippen molar-refractivity contribution >= 4 is 54.6 Å². The van der Waals surface area contributed by atoms with Crippen LogP contribution in [-0.4, -0.2) is 0 Å². The number of para-hydroxylation sites is 1. The summed E-state index contributed by atoms with van der Waals surface area (Å²) in [5.41, 5.74) is 12.4. The molecule has 3 aliphatic rings. The van der Waals surface area contributed by atoms with E-state index in [9.17, 15) is 0 Å². The lowest BCUT2D eigenvalue weighted by Gasteiger charge is -2.24. The lowest BCUT2D eigenvalue weighted by Crippen LogP contribution is -2.06. The van der Waals surface area contributed by atoms with Gasteiger partial charge < -0.3 is 4.42 Å². The standard InChI is InChI=1S/C48H34O/c1-2-12-37-32(10-1)11-9-18-38(37)33-22-26-35(27-23-33)48-42-16-5-3-14-40(42)47(41-15-4-6-17-43(41)48)34-24-20-31(21-25-34)36-28-29-46-44(30-36)39-13-7-8-19-45(39)49-46/h1-10,12-24,26-30,32,34H,11,25H2. The highest BCUT2D eigenvalue weighted by atomic mass is 16.3. The molecule has 0 saturated heterocycles. The fraction of sp³-hybridized carbons (Fsp3) is 0.0833. The molecule has 1 heterocycles. The van der Waals surface area contributed by atoms with Gasteiger partial charge in [-0.3, -0.25) is 0 Å². The fourth-order valence-corrected chi connectivity index (χ4v) is 8.41. The predicted molar refractivity (Wildman–Crippen MR) is 208 cm³/mol. The first-order valence-corrected chi connectivity index (χ1v) is 17.4. The summed E-state index contributed by atoms with van der Waals surface area (Å²) >= 11 is 0. The maximum Gasteiger partial charge on any atom is 0.135 e. The van der Waals surface area contributed by atoms with Crippen molar-refractivity contribution in [2.45, 2.75) is 18.8 Å². The van der Waals surface area contributed by atoms with E-state index >= 15 is 0 Å². The molecule has 0 N–H and O–H groups in total. The number of fused-ring (bicyclic) bond motifs is 6. The molecule has 0 radical (unpaired) electrons. The number of hydrogen-bond donors (Lipinski definition) is 0. The Morgan fingerprint density at radius 2 is 1.16 bits per heavy atom. The van der Waals surface area contributed by atoms with Crippen molar-refractivity contribution in [1.82, 2.24) is 0 Å². The minimum atomic E-state index is 0.283. The molecule has 1 heteroatoms. The van der Waals surface area contributed by atoms with Crippen LogP contribution in [0.2, 0.25) is 0 Å². The van der Waals surface area contributed by atoms with E-state index in [-0.39, 0.29) is 5.92 Å². The van der Waals surface area contributed by atoms with E-state index in [1.807, 2.05) is 12.1 Å². The Hall–Kier alpha value is -5.92. The molecule has 0 amide bonds. The molecule has 0 spiro atoms. The van der Waals surface area contributed by atoms with Crippen molar-refractivity contribution in [3.8, 4) is 11.1 Å². The number of hydrogen-bond acceptors (Lipinski definition) is 1. The molecule has 1 nitrogen and oxygen atoms in total. The van der Waals surface area contributed by atoms with E-state index in [0.29, 0.717) is 5.92 Å². The van der Waals surface area contributed by atoms with Crippen LogP contribution in [0.1, 0.15) is 35.4 Å². The van der Waals surface area contributed by atoms with E-state index in [1.165, 1.54) is 76.9 Å². The molecule has 10 rings (SSSR count). The first kappa shape index (κ1) is 28.1. The normalized spacial score (nSPS) is 18.6. The van der Waals surface area contributed by atoms with Crippen LogP contribution in [-0.2, 0) is 0 Å². The quantitative estimate of drug-likeness (QED) is 0.177. The molecule has 2 unspecified atom stereocenters. The third kappa shape index (κ3) is 4.61. The van der Waals surface area contributed by atoms with Gasteiger partial charge in [-0.1, -0.05) is 152 Å². The maximum atomic E-state index is 6.10. The van der Waals surface area contributed by atoms with Crippen molar-refractivity contribution in [1.29, 1.82) is 0 Å². The number of furan rings is 1. The monoisotopic (exact) mass is 626 g/mol. The van der Waals surface area contributed by atoms with Crippen LogP contribution < -0.4 is 0 Å². The SMILES string of the molecule is C1=CC2=C(c3ccc(-c4c5ccccc5c(C5C=CC(c6ccc7oc8ccccc8c7c6)=CC5)c5ccccc45)cc3)C=CCC2C=C1. The molecule has 6 aromatic carbocycles. The summed E-state index contributed by atoms with van der Waals surface area (Å²) in [6.07, 6.45) is 22.8. The second kappa shape index (κ2) is 11.4. The fourth-order valence-electron chi connectivity index (χ4n) is 8.41. The Morgan fingerprint density at radius 1 is 0.490 bits per heavy atom. The summed E-state index contributed by atoms with van der Waals surface area (Å²) in [5.74, 6) is 0.760. The Balaban J connectivity index is 1.04. The Kier molecular flexibility index (Phi) is 6.52. The lowest BCUT2D eigenvalue weighted by molar-refractivity contribution is 0.669. The minimum absolute atomic E-state index is 0.283. The summed E-state index contributed by atoms with van der Waals surface area (Å²) in [6.45, 7) is 0. The molecule has 0 fully saturated rings. The van der Waals surface area contributed by atoms with Gasteiger partial charge in [0.2, 0.25) is 0 Å². The average Bonchev–Trinajstić information content (AvgIpc) is 3.55. The van der Waals surface area contributed by atoms with Crippen LogP contribution in [0.25, 0.3) is 65.8 Å². The average molecular weight is 627 g/mol. The van der Waals surface area contributed by atoms with E-state index in [4.69, 9.17) is 4.42 Å². The number of rotatable bonds is 4. The second-order valence-electron chi connectivity index (χ2n) is 13.5. The molecule has 1 aromatic heterocycles. The van der Waals surface area contributed by atoms with E-state index < -0.39 is 0 Å². The zero-order chi connectivity index (χ0) is 32.3. The van der Waals surface area contributed by atoms with Crippen molar-refractivity contribution in [3.05, 3.63) is 192 Å². The van der Waals surface area contributed by atoms with Gasteiger partial charge in [0.1, 0.15) is 11.2 Å². The van der Waals surface area contributed by atoms with Gasteiger partial charge in [-0.2, -0.15) is 0 Å². The summed E-state index contributed by atoms with van der Waals surface area (Å²) in [5, 5.41) is 7.63. The lowest BCUT2D eigenvalue weighted by atomic mass is 9.80. The van der Waals surface area contributed by atoms with Gasteiger partial charge in [0, 0.05) is 22.6 Å². The van der Waals surface area contributed by atoms with Crippen molar-refractivity contribution in [3.63, 3.8) is 0 Å². The van der Waals surface area contributed by atoms with Crippen LogP contribution in [0.4, 0.5) is 0 Å². The topological polar surface area (TPSA) is 13.1 Å². The Labute approximate surface area is 286 Å².